The fraction of sp³-hybridized carbons (Fsp3) is 0.0455. The van der Waals surface area contributed by atoms with E-state index in [1.54, 1.807) is 18.3 Å². The van der Waals surface area contributed by atoms with Gasteiger partial charge in [-0.3, -0.25) is 19.9 Å². The predicted molar refractivity (Wildman–Crippen MR) is 126 cm³/mol. The topological polar surface area (TPSA) is 97.5 Å². The minimum absolute atomic E-state index is 0.0276. The van der Waals surface area contributed by atoms with Gasteiger partial charge in [0.05, 0.1) is 26.6 Å². The van der Waals surface area contributed by atoms with Crippen molar-refractivity contribution in [2.24, 2.45) is 4.99 Å². The van der Waals surface area contributed by atoms with Gasteiger partial charge >= 0.3 is 0 Å². The maximum atomic E-state index is 12.1. The molecule has 1 heterocycles. The molecular weight excluding hydrogens is 432 g/mol. The third-order valence-electron chi connectivity index (χ3n) is 4.18. The number of fused-ring (bicyclic) bond motifs is 1. The molecule has 1 aromatic heterocycles. The van der Waals surface area contributed by atoms with Crippen LogP contribution in [0.25, 0.3) is 10.2 Å². The number of carbonyl (C=O) groups is 1. The summed E-state index contributed by atoms with van der Waals surface area (Å²) in [6, 6.07) is 21.3. The molecule has 154 valence electrons. The van der Waals surface area contributed by atoms with Gasteiger partial charge in [-0.15, -0.1) is 11.3 Å². The van der Waals surface area contributed by atoms with Gasteiger partial charge in [0.25, 0.3) is 5.69 Å². The molecule has 0 radical (unpaired) electrons. The monoisotopic (exact) mass is 448 g/mol. The number of benzene rings is 3. The second-order valence-corrected chi connectivity index (χ2v) is 8.70. The van der Waals surface area contributed by atoms with Crippen LogP contribution in [-0.2, 0) is 4.79 Å². The lowest BCUT2D eigenvalue weighted by Gasteiger charge is -2.03. The number of thiazole rings is 1. The summed E-state index contributed by atoms with van der Waals surface area (Å²) in [6.45, 7) is 0. The predicted octanol–water partition coefficient (Wildman–Crippen LogP) is 5.69. The third kappa shape index (κ3) is 5.53. The molecule has 3 aromatic carbocycles. The average Bonchev–Trinajstić information content (AvgIpc) is 3.19. The van der Waals surface area contributed by atoms with E-state index < -0.39 is 4.92 Å². The summed E-state index contributed by atoms with van der Waals surface area (Å²) >= 11 is 2.88. The Hall–Kier alpha value is -3.56. The molecule has 0 aliphatic heterocycles. The molecule has 0 bridgehead atoms. The minimum atomic E-state index is -0.431. The van der Waals surface area contributed by atoms with Crippen LogP contribution in [0.5, 0.6) is 0 Å². The number of aliphatic imine (C=N–C) groups is 1. The second-order valence-electron chi connectivity index (χ2n) is 6.44. The molecule has 31 heavy (non-hydrogen) atoms. The first-order valence-electron chi connectivity index (χ1n) is 9.24. The fourth-order valence-electron chi connectivity index (χ4n) is 2.75. The van der Waals surface area contributed by atoms with Crippen LogP contribution in [0.1, 0.15) is 5.56 Å². The zero-order chi connectivity index (χ0) is 21.6. The number of nitrogens with zero attached hydrogens (tertiary/aromatic N) is 3. The van der Waals surface area contributed by atoms with Gasteiger partial charge in [-0.1, -0.05) is 42.1 Å². The van der Waals surface area contributed by atoms with Crippen molar-refractivity contribution in [1.29, 1.82) is 0 Å². The van der Waals surface area contributed by atoms with Crippen LogP contribution in [0.3, 0.4) is 0 Å². The lowest BCUT2D eigenvalue weighted by atomic mass is 10.2. The van der Waals surface area contributed by atoms with Crippen molar-refractivity contribution in [3.05, 3.63) is 88.5 Å². The quantitative estimate of drug-likeness (QED) is 0.170. The van der Waals surface area contributed by atoms with E-state index in [1.165, 1.54) is 35.2 Å². The molecule has 1 N–H and O–H groups in total. The highest BCUT2D eigenvalue weighted by Gasteiger charge is 2.09. The van der Waals surface area contributed by atoms with Crippen LogP contribution in [0.2, 0.25) is 0 Å². The summed E-state index contributed by atoms with van der Waals surface area (Å²) in [5.41, 5.74) is 3.01. The molecule has 0 atom stereocenters. The van der Waals surface area contributed by atoms with Crippen LogP contribution in [-0.4, -0.2) is 27.8 Å². The van der Waals surface area contributed by atoms with Crippen molar-refractivity contribution in [2.45, 2.75) is 4.34 Å². The van der Waals surface area contributed by atoms with Gasteiger partial charge in [0.15, 0.2) is 4.34 Å². The van der Waals surface area contributed by atoms with Crippen LogP contribution < -0.4 is 5.32 Å². The van der Waals surface area contributed by atoms with Crippen LogP contribution in [0, 0.1) is 10.1 Å². The molecule has 1 amide bonds. The molecule has 4 rings (SSSR count). The Morgan fingerprint density at radius 3 is 2.77 bits per heavy atom. The number of nitrogens with one attached hydrogen (secondary N) is 1. The van der Waals surface area contributed by atoms with E-state index in [0.717, 1.165) is 25.9 Å². The molecule has 0 unspecified atom stereocenters. The van der Waals surface area contributed by atoms with Gasteiger partial charge in [-0.05, 0) is 35.9 Å². The normalized spacial score (nSPS) is 11.1. The molecule has 9 heteroatoms. The molecule has 0 saturated heterocycles. The summed E-state index contributed by atoms with van der Waals surface area (Å²) < 4.78 is 1.76. The lowest BCUT2D eigenvalue weighted by Crippen LogP contribution is -2.13. The first-order chi connectivity index (χ1) is 15.1. The van der Waals surface area contributed by atoms with E-state index >= 15 is 0 Å². The van der Waals surface area contributed by atoms with Crippen LogP contribution in [0.15, 0.2) is 82.1 Å². The zero-order valence-electron chi connectivity index (χ0n) is 16.1. The zero-order valence-corrected chi connectivity index (χ0v) is 17.7. The van der Waals surface area contributed by atoms with Crippen LogP contribution >= 0.6 is 23.1 Å². The first kappa shape index (κ1) is 20.7. The summed E-state index contributed by atoms with van der Waals surface area (Å²) in [5, 5.41) is 13.7. The highest BCUT2D eigenvalue weighted by Crippen LogP contribution is 2.32. The van der Waals surface area contributed by atoms with E-state index in [2.05, 4.69) is 15.3 Å². The number of thioether (sulfide) groups is 1. The standard InChI is InChI=1S/C22H16N4O3S2/c27-21(24-16-6-2-1-3-7-16)14-30-22-25-19-10-9-17(12-20(19)31-22)23-13-15-5-4-8-18(11-15)26(28)29/h1-13H,14H2,(H,24,27). The number of hydrogen-bond donors (Lipinski definition) is 1. The minimum Gasteiger partial charge on any atom is -0.325 e. The Kier molecular flexibility index (Phi) is 6.34. The Morgan fingerprint density at radius 1 is 1.13 bits per heavy atom. The molecule has 0 aliphatic rings. The van der Waals surface area contributed by atoms with Crippen molar-refractivity contribution in [3.63, 3.8) is 0 Å². The highest BCUT2D eigenvalue weighted by atomic mass is 32.2. The van der Waals surface area contributed by atoms with Crippen LogP contribution in [0.4, 0.5) is 17.1 Å². The fourth-order valence-corrected chi connectivity index (χ4v) is 4.65. The van der Waals surface area contributed by atoms with E-state index in [1.807, 2.05) is 48.5 Å². The number of carbonyl (C=O) groups excluding carboxylic acids is 1. The van der Waals surface area contributed by atoms with Gasteiger partial charge in [-0.2, -0.15) is 0 Å². The largest absolute Gasteiger partial charge is 0.325 e. The number of anilines is 1. The van der Waals surface area contributed by atoms with Crippen molar-refractivity contribution in [1.82, 2.24) is 4.98 Å². The van der Waals surface area contributed by atoms with Crippen molar-refractivity contribution < 1.29 is 9.72 Å². The number of hydrogen-bond acceptors (Lipinski definition) is 7. The van der Waals surface area contributed by atoms with Crippen molar-refractivity contribution in [2.75, 3.05) is 11.1 Å². The van der Waals surface area contributed by atoms with Crippen molar-refractivity contribution in [3.8, 4) is 0 Å². The van der Waals surface area contributed by atoms with Gasteiger partial charge in [0, 0.05) is 24.0 Å². The van der Waals surface area contributed by atoms with Gasteiger partial charge in [-0.25, -0.2) is 4.98 Å². The van der Waals surface area contributed by atoms with E-state index in [-0.39, 0.29) is 17.3 Å². The smallest absolute Gasteiger partial charge is 0.270 e. The average molecular weight is 449 g/mol. The number of amides is 1. The van der Waals surface area contributed by atoms with E-state index in [0.29, 0.717) is 5.56 Å². The molecule has 0 spiro atoms. The summed E-state index contributed by atoms with van der Waals surface area (Å²) in [7, 11) is 0. The maximum absolute atomic E-state index is 12.1. The van der Waals surface area contributed by atoms with Crippen molar-refractivity contribution >= 4 is 62.5 Å². The first-order valence-corrected chi connectivity index (χ1v) is 11.0. The summed E-state index contributed by atoms with van der Waals surface area (Å²) in [5.74, 6) is 0.185. The summed E-state index contributed by atoms with van der Waals surface area (Å²) in [6.07, 6.45) is 1.60. The van der Waals surface area contributed by atoms with Gasteiger partial charge < -0.3 is 5.32 Å². The number of non-ortho nitro benzene ring substituents is 1. The third-order valence-corrected chi connectivity index (χ3v) is 6.34. The van der Waals surface area contributed by atoms with Gasteiger partial charge in [0.2, 0.25) is 5.91 Å². The molecule has 0 fully saturated rings. The lowest BCUT2D eigenvalue weighted by molar-refractivity contribution is -0.384. The molecule has 0 aliphatic carbocycles. The second kappa shape index (κ2) is 9.50. The number of nitro benzene ring substituents is 1. The SMILES string of the molecule is O=C(CSc1nc2ccc(N=Cc3cccc([N+](=O)[O-])c3)cc2s1)Nc1ccccc1. The summed E-state index contributed by atoms with van der Waals surface area (Å²) in [4.78, 5) is 31.6. The highest BCUT2D eigenvalue weighted by molar-refractivity contribution is 8.01. The Labute approximate surface area is 186 Å². The number of aromatic nitrogens is 1. The number of para-hydroxylation sites is 1. The number of rotatable bonds is 7. The molecular formula is C22H16N4O3S2. The van der Waals surface area contributed by atoms with E-state index in [4.69, 9.17) is 0 Å². The molecule has 0 saturated carbocycles. The number of nitro groups is 1. The Morgan fingerprint density at radius 2 is 1.97 bits per heavy atom. The molecule has 7 nitrogen and oxygen atoms in total. The maximum Gasteiger partial charge on any atom is 0.270 e. The Balaban J connectivity index is 1.41. The Bertz CT molecular complexity index is 1270. The van der Waals surface area contributed by atoms with Gasteiger partial charge in [0.1, 0.15) is 0 Å². The van der Waals surface area contributed by atoms with E-state index in [9.17, 15) is 14.9 Å². The molecule has 4 aromatic rings.